The lowest BCUT2D eigenvalue weighted by Gasteiger charge is -2.14. The summed E-state index contributed by atoms with van der Waals surface area (Å²) in [5.41, 5.74) is 1.94. The third-order valence-corrected chi connectivity index (χ3v) is 6.20. The summed E-state index contributed by atoms with van der Waals surface area (Å²) < 4.78 is 1.41. The number of carbonyl (C=O) groups excluding carboxylic acids is 1. The molecule has 1 saturated heterocycles. The van der Waals surface area contributed by atoms with E-state index in [1.54, 1.807) is 18.3 Å². The van der Waals surface area contributed by atoms with Crippen LogP contribution in [0.2, 0.25) is 10.0 Å². The van der Waals surface area contributed by atoms with E-state index in [1.165, 1.54) is 10.8 Å². The number of aromatic nitrogens is 2. The first-order valence-electron chi connectivity index (χ1n) is 10.5. The molecule has 10 heteroatoms. The third kappa shape index (κ3) is 5.24. The molecule has 0 unspecified atom stereocenters. The molecule has 2 aromatic heterocycles. The van der Waals surface area contributed by atoms with E-state index < -0.39 is 0 Å². The van der Waals surface area contributed by atoms with Crippen molar-refractivity contribution in [2.24, 2.45) is 5.92 Å². The summed E-state index contributed by atoms with van der Waals surface area (Å²) in [6.07, 6.45) is 4.64. The maximum absolute atomic E-state index is 13.2. The van der Waals surface area contributed by atoms with Crippen molar-refractivity contribution in [3.63, 3.8) is 0 Å². The summed E-state index contributed by atoms with van der Waals surface area (Å²) in [7, 11) is 0. The Morgan fingerprint density at radius 2 is 2.06 bits per heavy atom. The largest absolute Gasteiger partial charge is 0.370 e. The van der Waals surface area contributed by atoms with Crippen molar-refractivity contribution >= 4 is 46.8 Å². The molecule has 4 rings (SSSR count). The Labute approximate surface area is 200 Å². The van der Waals surface area contributed by atoms with Crippen LogP contribution in [-0.2, 0) is 11.3 Å². The molecule has 0 spiro atoms. The van der Waals surface area contributed by atoms with Crippen LogP contribution in [0, 0.1) is 11.3 Å². The van der Waals surface area contributed by atoms with Crippen LogP contribution < -0.4 is 21.5 Å². The average molecular weight is 486 g/mol. The van der Waals surface area contributed by atoms with Crippen molar-refractivity contribution in [3.05, 3.63) is 80.3 Å². The molecule has 8 nitrogen and oxygen atoms in total. The van der Waals surface area contributed by atoms with E-state index in [0.29, 0.717) is 53.3 Å². The van der Waals surface area contributed by atoms with Gasteiger partial charge in [-0.25, -0.2) is 4.98 Å². The van der Waals surface area contributed by atoms with Crippen LogP contribution in [0.25, 0.3) is 5.69 Å². The smallest absolute Gasteiger partial charge is 0.270 e. The van der Waals surface area contributed by atoms with Crippen LogP contribution >= 0.6 is 23.2 Å². The van der Waals surface area contributed by atoms with Crippen LogP contribution in [0.15, 0.2) is 53.6 Å². The minimum atomic E-state index is -0.359. The fourth-order valence-corrected chi connectivity index (χ4v) is 4.14. The van der Waals surface area contributed by atoms with Gasteiger partial charge in [0.1, 0.15) is 23.6 Å². The summed E-state index contributed by atoms with van der Waals surface area (Å²) in [5, 5.41) is 16.7. The molecule has 1 atom stereocenters. The number of rotatable bonds is 8. The third-order valence-electron chi connectivity index (χ3n) is 5.54. The SMILES string of the molecule is N=Cc1c([NH2+]Cc2ccccc2Cl)ccn(-c2cc(NC[C@@H]3CNC(=O)C3)ncc2Cl)c1=O. The normalized spacial score (nSPS) is 15.3. The van der Waals surface area contributed by atoms with Crippen LogP contribution in [0.5, 0.6) is 0 Å². The maximum Gasteiger partial charge on any atom is 0.270 e. The van der Waals surface area contributed by atoms with Crippen LogP contribution in [0.3, 0.4) is 0 Å². The molecule has 5 N–H and O–H groups in total. The van der Waals surface area contributed by atoms with Gasteiger partial charge in [0.2, 0.25) is 5.91 Å². The van der Waals surface area contributed by atoms with E-state index >= 15 is 0 Å². The molecule has 170 valence electrons. The number of benzene rings is 1. The molecule has 1 aliphatic rings. The number of hydrogen-bond donors (Lipinski definition) is 4. The van der Waals surface area contributed by atoms with Crippen molar-refractivity contribution in [2.75, 3.05) is 18.4 Å². The molecule has 1 fully saturated rings. The molecule has 0 aliphatic carbocycles. The number of carbonyl (C=O) groups is 1. The Hall–Kier alpha value is -3.20. The highest BCUT2D eigenvalue weighted by Crippen LogP contribution is 2.22. The lowest BCUT2D eigenvalue weighted by molar-refractivity contribution is -0.588. The Kier molecular flexibility index (Phi) is 7.08. The van der Waals surface area contributed by atoms with Gasteiger partial charge in [0, 0.05) is 60.6 Å². The molecule has 1 amide bonds. The molecule has 33 heavy (non-hydrogen) atoms. The summed E-state index contributed by atoms with van der Waals surface area (Å²) in [6.45, 7) is 1.73. The second-order valence-corrected chi connectivity index (χ2v) is 8.59. The highest BCUT2D eigenvalue weighted by Gasteiger charge is 2.21. The Bertz CT molecular complexity index is 1260. The number of amides is 1. The second kappa shape index (κ2) is 10.2. The number of pyridine rings is 2. The van der Waals surface area contributed by atoms with E-state index in [9.17, 15) is 9.59 Å². The molecular formula is C23H23Cl2N6O2+. The summed E-state index contributed by atoms with van der Waals surface area (Å²) in [5.74, 6) is 0.772. The molecule has 3 heterocycles. The molecule has 3 aromatic rings. The lowest BCUT2D eigenvalue weighted by atomic mass is 10.1. The first-order valence-corrected chi connectivity index (χ1v) is 11.2. The number of nitrogens with two attached hydrogens (primary N) is 1. The maximum atomic E-state index is 13.2. The highest BCUT2D eigenvalue weighted by molar-refractivity contribution is 6.32. The number of hydrogen-bond acceptors (Lipinski definition) is 5. The number of halogens is 2. The Morgan fingerprint density at radius 3 is 2.79 bits per heavy atom. The first kappa shape index (κ1) is 23.0. The standard InChI is InChI=1S/C23H22Cl2N6O2/c24-17-4-2-1-3-15(17)12-27-19-5-6-31(23(33)16(19)9-26)20-8-21(29-13-18(20)25)28-10-14-7-22(32)30-11-14/h1-6,8-9,13-14,26-27H,7,10-12H2,(H,28,29)(H,30,32)/p+1/t14-/m1/s1. The van der Waals surface area contributed by atoms with Crippen molar-refractivity contribution in [1.82, 2.24) is 14.9 Å². The van der Waals surface area contributed by atoms with Gasteiger partial charge < -0.3 is 21.4 Å². The van der Waals surface area contributed by atoms with Gasteiger partial charge in [0.25, 0.3) is 5.56 Å². The number of nitrogens with one attached hydrogen (secondary N) is 3. The minimum Gasteiger partial charge on any atom is -0.370 e. The van der Waals surface area contributed by atoms with Gasteiger partial charge in [0.15, 0.2) is 0 Å². The van der Waals surface area contributed by atoms with Gasteiger partial charge in [-0.1, -0.05) is 41.4 Å². The van der Waals surface area contributed by atoms with Crippen LogP contribution in [-0.4, -0.2) is 34.8 Å². The van der Waals surface area contributed by atoms with Crippen LogP contribution in [0.4, 0.5) is 11.5 Å². The fourth-order valence-electron chi connectivity index (χ4n) is 3.73. The van der Waals surface area contributed by atoms with Crippen LogP contribution in [0.1, 0.15) is 17.5 Å². The monoisotopic (exact) mass is 485 g/mol. The van der Waals surface area contributed by atoms with Gasteiger partial charge >= 0.3 is 0 Å². The molecule has 1 aliphatic heterocycles. The Balaban J connectivity index is 1.57. The fraction of sp³-hybridized carbons (Fsp3) is 0.217. The van der Waals surface area contributed by atoms with E-state index in [1.807, 2.05) is 29.6 Å². The Morgan fingerprint density at radius 1 is 1.24 bits per heavy atom. The van der Waals surface area contributed by atoms with Gasteiger partial charge in [-0.15, -0.1) is 0 Å². The molecule has 0 radical (unpaired) electrons. The summed E-state index contributed by atoms with van der Waals surface area (Å²) in [6, 6.07) is 11.0. The zero-order valence-electron chi connectivity index (χ0n) is 17.6. The molecular weight excluding hydrogens is 463 g/mol. The molecule has 1 aromatic carbocycles. The topological polar surface area (TPSA) is 116 Å². The first-order chi connectivity index (χ1) is 16.0. The van der Waals surface area contributed by atoms with E-state index in [0.717, 1.165) is 11.8 Å². The number of quaternary nitrogens is 1. The van der Waals surface area contributed by atoms with Gasteiger partial charge in [-0.05, 0) is 6.07 Å². The van der Waals surface area contributed by atoms with Crippen molar-refractivity contribution in [3.8, 4) is 5.69 Å². The zero-order chi connectivity index (χ0) is 23.4. The minimum absolute atomic E-state index is 0.0451. The van der Waals surface area contributed by atoms with Gasteiger partial charge in [-0.3, -0.25) is 14.2 Å². The zero-order valence-corrected chi connectivity index (χ0v) is 19.2. The van der Waals surface area contributed by atoms with Crippen molar-refractivity contribution in [1.29, 1.82) is 5.41 Å². The van der Waals surface area contributed by atoms with Crippen molar-refractivity contribution < 1.29 is 10.1 Å². The second-order valence-electron chi connectivity index (χ2n) is 7.78. The van der Waals surface area contributed by atoms with Crippen molar-refractivity contribution in [2.45, 2.75) is 13.0 Å². The number of anilines is 1. The van der Waals surface area contributed by atoms with E-state index in [-0.39, 0.29) is 22.9 Å². The summed E-state index contributed by atoms with van der Waals surface area (Å²) >= 11 is 12.6. The molecule has 0 saturated carbocycles. The number of nitrogens with zero attached hydrogens (tertiary/aromatic N) is 2. The average Bonchev–Trinajstić information content (AvgIpc) is 3.23. The highest BCUT2D eigenvalue weighted by atomic mass is 35.5. The van der Waals surface area contributed by atoms with E-state index in [2.05, 4.69) is 15.6 Å². The predicted molar refractivity (Wildman–Crippen MR) is 129 cm³/mol. The van der Waals surface area contributed by atoms with E-state index in [4.69, 9.17) is 28.6 Å². The molecule has 0 bridgehead atoms. The summed E-state index contributed by atoms with van der Waals surface area (Å²) in [4.78, 5) is 28.8. The van der Waals surface area contributed by atoms with Gasteiger partial charge in [0.05, 0.1) is 16.9 Å². The predicted octanol–water partition coefficient (Wildman–Crippen LogP) is 2.48. The van der Waals surface area contributed by atoms with Gasteiger partial charge in [-0.2, -0.15) is 0 Å². The quantitative estimate of drug-likeness (QED) is 0.366. The lowest BCUT2D eigenvalue weighted by Crippen LogP contribution is -2.77.